The van der Waals surface area contributed by atoms with Crippen molar-refractivity contribution in [1.29, 1.82) is 0 Å². The molecule has 32 heavy (non-hydrogen) atoms. The van der Waals surface area contributed by atoms with E-state index in [4.69, 9.17) is 4.74 Å². The maximum Gasteiger partial charge on any atom is 0.265 e. The van der Waals surface area contributed by atoms with E-state index in [1.54, 1.807) is 31.2 Å². The fourth-order valence-corrected chi connectivity index (χ4v) is 3.45. The van der Waals surface area contributed by atoms with Gasteiger partial charge in [0.1, 0.15) is 5.75 Å². The smallest absolute Gasteiger partial charge is 0.265 e. The van der Waals surface area contributed by atoms with Crippen LogP contribution in [0.3, 0.4) is 0 Å². The molecule has 0 aromatic heterocycles. The summed E-state index contributed by atoms with van der Waals surface area (Å²) in [6, 6.07) is 22.6. The van der Waals surface area contributed by atoms with Gasteiger partial charge >= 0.3 is 0 Å². The summed E-state index contributed by atoms with van der Waals surface area (Å²) in [4.78, 5) is 25.1. The van der Waals surface area contributed by atoms with Crippen LogP contribution in [-0.2, 0) is 24.2 Å². The molecule has 2 N–H and O–H groups in total. The van der Waals surface area contributed by atoms with Crippen molar-refractivity contribution in [3.8, 4) is 5.75 Å². The van der Waals surface area contributed by atoms with Crippen LogP contribution in [0.15, 0.2) is 72.8 Å². The molecule has 0 bridgehead atoms. The van der Waals surface area contributed by atoms with Crippen LogP contribution in [0.5, 0.6) is 5.75 Å². The van der Waals surface area contributed by atoms with Crippen LogP contribution in [0.25, 0.3) is 0 Å². The predicted molar refractivity (Wildman–Crippen MR) is 128 cm³/mol. The molecule has 5 heteroatoms. The lowest BCUT2D eigenvalue weighted by Gasteiger charge is -2.18. The van der Waals surface area contributed by atoms with Crippen LogP contribution >= 0.6 is 0 Å². The van der Waals surface area contributed by atoms with Crippen molar-refractivity contribution in [2.75, 3.05) is 5.32 Å². The number of nitrogens with one attached hydrogen (secondary N) is 2. The minimum absolute atomic E-state index is 0.158. The van der Waals surface area contributed by atoms with E-state index in [0.717, 1.165) is 35.2 Å². The van der Waals surface area contributed by atoms with Gasteiger partial charge in [0, 0.05) is 17.8 Å². The van der Waals surface area contributed by atoms with Gasteiger partial charge in [-0.15, -0.1) is 0 Å². The molecule has 5 nitrogen and oxygen atoms in total. The normalized spacial score (nSPS) is 11.5. The summed E-state index contributed by atoms with van der Waals surface area (Å²) in [5, 5.41) is 5.93. The van der Waals surface area contributed by atoms with Crippen molar-refractivity contribution in [3.05, 3.63) is 95.1 Å². The molecule has 0 aliphatic rings. The topological polar surface area (TPSA) is 67.4 Å². The Morgan fingerprint density at radius 2 is 1.47 bits per heavy atom. The van der Waals surface area contributed by atoms with Gasteiger partial charge < -0.3 is 15.4 Å². The number of amides is 2. The van der Waals surface area contributed by atoms with E-state index in [0.29, 0.717) is 17.9 Å². The summed E-state index contributed by atoms with van der Waals surface area (Å²) in [5.41, 5.74) is 4.67. The zero-order chi connectivity index (χ0) is 22.9. The van der Waals surface area contributed by atoms with E-state index in [-0.39, 0.29) is 11.8 Å². The molecule has 1 atom stereocenters. The molecule has 0 saturated heterocycles. The highest BCUT2D eigenvalue weighted by Crippen LogP contribution is 2.23. The Hall–Kier alpha value is -3.60. The fourth-order valence-electron chi connectivity index (χ4n) is 3.45. The Morgan fingerprint density at radius 1 is 0.844 bits per heavy atom. The third kappa shape index (κ3) is 5.97. The first kappa shape index (κ1) is 23.1. The molecule has 3 aromatic rings. The summed E-state index contributed by atoms with van der Waals surface area (Å²) in [6.45, 7) is 6.33. The van der Waals surface area contributed by atoms with Crippen LogP contribution in [-0.4, -0.2) is 17.9 Å². The van der Waals surface area contributed by atoms with Crippen LogP contribution in [0.4, 0.5) is 5.69 Å². The van der Waals surface area contributed by atoms with E-state index in [9.17, 15) is 9.59 Å². The Morgan fingerprint density at radius 3 is 2.06 bits per heavy atom. The molecular weight excluding hydrogens is 400 g/mol. The second kappa shape index (κ2) is 11.1. The van der Waals surface area contributed by atoms with Crippen molar-refractivity contribution in [1.82, 2.24) is 5.32 Å². The fraction of sp³-hybridized carbons (Fsp3) is 0.259. The number of hydrogen-bond acceptors (Lipinski definition) is 3. The van der Waals surface area contributed by atoms with Crippen molar-refractivity contribution in [2.45, 2.75) is 46.3 Å². The van der Waals surface area contributed by atoms with Gasteiger partial charge in [0.25, 0.3) is 11.8 Å². The Kier molecular flexibility index (Phi) is 8.03. The maximum atomic E-state index is 12.7. The first-order chi connectivity index (χ1) is 15.5. The van der Waals surface area contributed by atoms with Crippen LogP contribution < -0.4 is 15.4 Å². The molecule has 0 heterocycles. The molecule has 2 amide bonds. The van der Waals surface area contributed by atoms with Crippen molar-refractivity contribution >= 4 is 17.5 Å². The highest BCUT2D eigenvalue weighted by Gasteiger charge is 2.18. The van der Waals surface area contributed by atoms with Gasteiger partial charge in [-0.2, -0.15) is 0 Å². The number of carbonyl (C=O) groups excluding carboxylic acids is 2. The number of aryl methyl sites for hydroxylation is 2. The molecule has 0 saturated carbocycles. The van der Waals surface area contributed by atoms with Gasteiger partial charge in [-0.25, -0.2) is 0 Å². The molecule has 3 rings (SSSR count). The SMILES string of the molecule is CCc1cccc(CC)c1NC(=O)C(C)Oc1ccc(C(=O)NCc2ccccc2)cc1. The van der Waals surface area contributed by atoms with Crippen molar-refractivity contribution in [3.63, 3.8) is 0 Å². The number of anilines is 1. The third-order valence-corrected chi connectivity index (χ3v) is 5.34. The maximum absolute atomic E-state index is 12.7. The molecule has 0 radical (unpaired) electrons. The summed E-state index contributed by atoms with van der Waals surface area (Å²) >= 11 is 0. The number of benzene rings is 3. The van der Waals surface area contributed by atoms with E-state index < -0.39 is 6.10 Å². The number of ether oxygens (including phenoxy) is 1. The second-order valence-corrected chi connectivity index (χ2v) is 7.60. The van der Waals surface area contributed by atoms with Crippen molar-refractivity contribution < 1.29 is 14.3 Å². The molecular formula is C27H30N2O3. The van der Waals surface area contributed by atoms with Gasteiger partial charge in [-0.1, -0.05) is 62.4 Å². The van der Waals surface area contributed by atoms with Crippen molar-refractivity contribution in [2.24, 2.45) is 0 Å². The Balaban J connectivity index is 1.58. The van der Waals surface area contributed by atoms with Gasteiger partial charge in [0.2, 0.25) is 0 Å². The lowest BCUT2D eigenvalue weighted by molar-refractivity contribution is -0.122. The number of hydrogen-bond donors (Lipinski definition) is 2. The number of para-hydroxylation sites is 1. The largest absolute Gasteiger partial charge is 0.481 e. The van der Waals surface area contributed by atoms with Crippen LogP contribution in [0.2, 0.25) is 0 Å². The molecule has 0 fully saturated rings. The quantitative estimate of drug-likeness (QED) is 0.493. The van der Waals surface area contributed by atoms with E-state index in [2.05, 4.69) is 24.5 Å². The van der Waals surface area contributed by atoms with E-state index in [1.807, 2.05) is 48.5 Å². The minimum Gasteiger partial charge on any atom is -0.481 e. The van der Waals surface area contributed by atoms with Gasteiger partial charge in [-0.05, 0) is 60.7 Å². The predicted octanol–water partition coefficient (Wildman–Crippen LogP) is 5.15. The summed E-state index contributed by atoms with van der Waals surface area (Å²) < 4.78 is 5.82. The monoisotopic (exact) mass is 430 g/mol. The Labute approximate surface area is 189 Å². The van der Waals surface area contributed by atoms with Gasteiger partial charge in [-0.3, -0.25) is 9.59 Å². The third-order valence-electron chi connectivity index (χ3n) is 5.34. The average Bonchev–Trinajstić information content (AvgIpc) is 2.83. The number of rotatable bonds is 9. The Bertz CT molecular complexity index is 1020. The first-order valence-corrected chi connectivity index (χ1v) is 11.0. The highest BCUT2D eigenvalue weighted by atomic mass is 16.5. The van der Waals surface area contributed by atoms with Crippen LogP contribution in [0, 0.1) is 0 Å². The zero-order valence-electron chi connectivity index (χ0n) is 18.9. The second-order valence-electron chi connectivity index (χ2n) is 7.60. The molecule has 0 aliphatic carbocycles. The summed E-state index contributed by atoms with van der Waals surface area (Å²) in [7, 11) is 0. The van der Waals surface area contributed by atoms with Gasteiger partial charge in [0.15, 0.2) is 6.10 Å². The highest BCUT2D eigenvalue weighted by molar-refractivity contribution is 5.96. The molecule has 0 spiro atoms. The summed E-state index contributed by atoms with van der Waals surface area (Å²) in [6.07, 6.45) is 1.00. The lowest BCUT2D eigenvalue weighted by atomic mass is 10.0. The molecule has 0 aliphatic heterocycles. The minimum atomic E-state index is -0.678. The van der Waals surface area contributed by atoms with E-state index >= 15 is 0 Å². The summed E-state index contributed by atoms with van der Waals surface area (Å²) in [5.74, 6) is 0.173. The van der Waals surface area contributed by atoms with Crippen LogP contribution in [0.1, 0.15) is 47.8 Å². The molecule has 1 unspecified atom stereocenters. The standard InChI is InChI=1S/C27H30N2O3/c1-4-21-12-9-13-22(5-2)25(21)29-26(30)19(3)32-24-16-14-23(15-17-24)27(31)28-18-20-10-7-6-8-11-20/h6-17,19H,4-5,18H2,1-3H3,(H,28,31)(H,29,30). The van der Waals surface area contributed by atoms with Gasteiger partial charge in [0.05, 0.1) is 0 Å². The molecule has 166 valence electrons. The number of carbonyl (C=O) groups is 2. The molecule has 3 aromatic carbocycles. The van der Waals surface area contributed by atoms with E-state index in [1.165, 1.54) is 0 Å². The zero-order valence-corrected chi connectivity index (χ0v) is 18.9. The first-order valence-electron chi connectivity index (χ1n) is 11.0. The average molecular weight is 431 g/mol. The lowest BCUT2D eigenvalue weighted by Crippen LogP contribution is -2.31.